The number of nitrogens with zero attached hydrogens (tertiary/aromatic N) is 3. The molecule has 31 heavy (non-hydrogen) atoms. The highest BCUT2D eigenvalue weighted by Crippen LogP contribution is 2.38. The molecule has 0 spiro atoms. The average molecular weight is 556 g/mol. The first-order chi connectivity index (χ1) is 14.7. The summed E-state index contributed by atoms with van der Waals surface area (Å²) in [5, 5.41) is 7.25. The molecule has 2 heterocycles. The van der Waals surface area contributed by atoms with Crippen molar-refractivity contribution in [2.24, 2.45) is 4.99 Å². The first-order valence-electron chi connectivity index (χ1n) is 10.1. The van der Waals surface area contributed by atoms with E-state index in [1.165, 1.54) is 5.52 Å². The second-order valence-electron chi connectivity index (χ2n) is 7.11. The number of rotatable bonds is 6. The third kappa shape index (κ3) is 5.54. The topological polar surface area (TPSA) is 72.7 Å². The fourth-order valence-electron chi connectivity index (χ4n) is 3.59. The van der Waals surface area contributed by atoms with Gasteiger partial charge in [0.15, 0.2) is 17.5 Å². The number of aromatic nitrogens is 2. The van der Waals surface area contributed by atoms with Gasteiger partial charge in [-0.1, -0.05) is 23.7 Å². The van der Waals surface area contributed by atoms with E-state index in [2.05, 4.69) is 31.2 Å². The Morgan fingerprint density at radius 3 is 2.84 bits per heavy atom. The van der Waals surface area contributed by atoms with Crippen LogP contribution in [0.2, 0.25) is 5.02 Å². The van der Waals surface area contributed by atoms with E-state index in [1.54, 1.807) is 7.05 Å². The van der Waals surface area contributed by atoms with Crippen molar-refractivity contribution in [3.63, 3.8) is 0 Å². The van der Waals surface area contributed by atoms with E-state index >= 15 is 0 Å². The van der Waals surface area contributed by atoms with Crippen LogP contribution in [0.25, 0.3) is 11.0 Å². The van der Waals surface area contributed by atoms with Crippen LogP contribution in [0.3, 0.4) is 0 Å². The molecule has 2 aromatic carbocycles. The fraction of sp³-hybridized carbons (Fsp3) is 0.364. The van der Waals surface area contributed by atoms with E-state index < -0.39 is 0 Å². The zero-order valence-corrected chi connectivity index (χ0v) is 20.7. The standard InChI is InChI=1S/C22H26ClN5O2.HI/c1-15-27-18-6-3-4-7-19(18)28(15)9-5-8-25-22(24-2)26-14-16-12-17(23)21-20(13-16)29-10-11-30-21;/h3-4,6-7,12-13H,5,8-11,14H2,1-2H3,(H2,24,25,26);1H. The van der Waals surface area contributed by atoms with Crippen molar-refractivity contribution in [1.82, 2.24) is 20.2 Å². The molecule has 0 bridgehead atoms. The molecule has 1 aliphatic rings. The van der Waals surface area contributed by atoms with Crippen LogP contribution in [0.5, 0.6) is 11.5 Å². The minimum atomic E-state index is 0. The summed E-state index contributed by atoms with van der Waals surface area (Å²) in [5.74, 6) is 3.09. The number of ether oxygens (including phenoxy) is 2. The Morgan fingerprint density at radius 2 is 2.00 bits per heavy atom. The fourth-order valence-corrected chi connectivity index (χ4v) is 3.88. The summed E-state index contributed by atoms with van der Waals surface area (Å²) in [6, 6.07) is 12.1. The van der Waals surface area contributed by atoms with Crippen molar-refractivity contribution in [3.05, 3.63) is 52.8 Å². The summed E-state index contributed by atoms with van der Waals surface area (Å²) in [6.45, 7) is 5.39. The Balaban J connectivity index is 0.00000272. The lowest BCUT2D eigenvalue weighted by atomic mass is 10.2. The molecule has 0 saturated heterocycles. The van der Waals surface area contributed by atoms with E-state index in [4.69, 9.17) is 21.1 Å². The van der Waals surface area contributed by atoms with Crippen LogP contribution in [0.15, 0.2) is 41.4 Å². The third-order valence-corrected chi connectivity index (χ3v) is 5.32. The summed E-state index contributed by atoms with van der Waals surface area (Å²) in [6.07, 6.45) is 0.956. The van der Waals surface area contributed by atoms with Crippen molar-refractivity contribution in [3.8, 4) is 11.5 Å². The molecule has 0 amide bonds. The lowest BCUT2D eigenvalue weighted by Gasteiger charge is -2.20. The molecule has 0 saturated carbocycles. The van der Waals surface area contributed by atoms with Gasteiger partial charge in [-0.05, 0) is 43.2 Å². The Hall–Kier alpha value is -2.20. The summed E-state index contributed by atoms with van der Waals surface area (Å²) < 4.78 is 13.5. The molecule has 166 valence electrons. The van der Waals surface area contributed by atoms with Crippen LogP contribution >= 0.6 is 35.6 Å². The van der Waals surface area contributed by atoms with Crippen molar-refractivity contribution in [2.45, 2.75) is 26.4 Å². The van der Waals surface area contributed by atoms with Gasteiger partial charge >= 0.3 is 0 Å². The van der Waals surface area contributed by atoms with E-state index in [0.717, 1.165) is 42.4 Å². The molecule has 0 aliphatic carbocycles. The van der Waals surface area contributed by atoms with Crippen LogP contribution in [0.4, 0.5) is 0 Å². The Labute approximate surface area is 204 Å². The number of guanidine groups is 1. The molecule has 1 aliphatic heterocycles. The molecule has 9 heteroatoms. The molecule has 0 fully saturated rings. The van der Waals surface area contributed by atoms with Gasteiger partial charge in [0.1, 0.15) is 19.0 Å². The normalized spacial score (nSPS) is 13.1. The number of hydrogen-bond donors (Lipinski definition) is 2. The summed E-state index contributed by atoms with van der Waals surface area (Å²) in [5.41, 5.74) is 3.22. The van der Waals surface area contributed by atoms with Gasteiger partial charge in [-0.25, -0.2) is 4.98 Å². The maximum atomic E-state index is 6.32. The monoisotopic (exact) mass is 555 g/mol. The maximum absolute atomic E-state index is 6.32. The van der Waals surface area contributed by atoms with E-state index in [0.29, 0.717) is 36.3 Å². The predicted octanol–water partition coefficient (Wildman–Crippen LogP) is 4.14. The zero-order chi connectivity index (χ0) is 20.9. The third-order valence-electron chi connectivity index (χ3n) is 5.04. The SMILES string of the molecule is CN=C(NCCCn1c(C)nc2ccccc21)NCc1cc(Cl)c2c(c1)OCCO2.I. The van der Waals surface area contributed by atoms with Gasteiger partial charge in [-0.15, -0.1) is 24.0 Å². The highest BCUT2D eigenvalue weighted by Gasteiger charge is 2.16. The molecule has 1 aromatic heterocycles. The molecule has 7 nitrogen and oxygen atoms in total. The number of hydrogen-bond acceptors (Lipinski definition) is 4. The van der Waals surface area contributed by atoms with Gasteiger partial charge in [-0.2, -0.15) is 0 Å². The van der Waals surface area contributed by atoms with Gasteiger partial charge < -0.3 is 24.7 Å². The van der Waals surface area contributed by atoms with E-state index in [9.17, 15) is 0 Å². The lowest BCUT2D eigenvalue weighted by molar-refractivity contribution is 0.171. The van der Waals surface area contributed by atoms with Gasteiger partial charge in [-0.3, -0.25) is 4.99 Å². The number of nitrogens with one attached hydrogen (secondary N) is 2. The Morgan fingerprint density at radius 1 is 1.19 bits per heavy atom. The average Bonchev–Trinajstić information content (AvgIpc) is 3.08. The lowest BCUT2D eigenvalue weighted by Crippen LogP contribution is -2.37. The highest BCUT2D eigenvalue weighted by atomic mass is 127. The summed E-state index contributed by atoms with van der Waals surface area (Å²) in [7, 11) is 1.76. The molecule has 0 unspecified atom stereocenters. The molecule has 0 radical (unpaired) electrons. The number of para-hydroxylation sites is 2. The molecule has 3 aromatic rings. The van der Waals surface area contributed by atoms with Crippen molar-refractivity contribution < 1.29 is 9.47 Å². The molecule has 4 rings (SSSR count). The predicted molar refractivity (Wildman–Crippen MR) is 135 cm³/mol. The van der Waals surface area contributed by atoms with Crippen LogP contribution in [0, 0.1) is 6.92 Å². The second-order valence-corrected chi connectivity index (χ2v) is 7.51. The Bertz CT molecular complexity index is 1070. The summed E-state index contributed by atoms with van der Waals surface area (Å²) >= 11 is 6.32. The second kappa shape index (κ2) is 10.9. The van der Waals surface area contributed by atoms with Gasteiger partial charge in [0.25, 0.3) is 0 Å². The van der Waals surface area contributed by atoms with Crippen LogP contribution in [-0.4, -0.2) is 42.3 Å². The molecular formula is C22H27ClIN5O2. The molecule has 0 atom stereocenters. The minimum absolute atomic E-state index is 0. The van der Waals surface area contributed by atoms with Gasteiger partial charge in [0.2, 0.25) is 0 Å². The number of aliphatic imine (C=N–C) groups is 1. The first kappa shape index (κ1) is 23.5. The molecular weight excluding hydrogens is 529 g/mol. The highest BCUT2D eigenvalue weighted by molar-refractivity contribution is 14.0. The zero-order valence-electron chi connectivity index (χ0n) is 17.7. The number of fused-ring (bicyclic) bond motifs is 2. The van der Waals surface area contributed by atoms with E-state index in [-0.39, 0.29) is 24.0 Å². The number of aryl methyl sites for hydroxylation is 2. The minimum Gasteiger partial charge on any atom is -0.486 e. The maximum Gasteiger partial charge on any atom is 0.191 e. The van der Waals surface area contributed by atoms with Crippen molar-refractivity contribution >= 4 is 52.6 Å². The number of halogens is 2. The van der Waals surface area contributed by atoms with Crippen LogP contribution < -0.4 is 20.1 Å². The van der Waals surface area contributed by atoms with Crippen molar-refractivity contribution in [1.29, 1.82) is 0 Å². The summed E-state index contributed by atoms with van der Waals surface area (Å²) in [4.78, 5) is 8.92. The van der Waals surface area contributed by atoms with Gasteiger partial charge in [0.05, 0.1) is 16.1 Å². The quantitative estimate of drug-likeness (QED) is 0.207. The number of benzene rings is 2. The molecule has 2 N–H and O–H groups in total. The first-order valence-corrected chi connectivity index (χ1v) is 10.5. The Kier molecular flexibility index (Phi) is 8.25. The van der Waals surface area contributed by atoms with Crippen LogP contribution in [0.1, 0.15) is 17.8 Å². The smallest absolute Gasteiger partial charge is 0.191 e. The van der Waals surface area contributed by atoms with E-state index in [1.807, 2.05) is 37.3 Å². The van der Waals surface area contributed by atoms with Crippen molar-refractivity contribution in [2.75, 3.05) is 26.8 Å². The van der Waals surface area contributed by atoms with Crippen LogP contribution in [-0.2, 0) is 13.1 Å². The van der Waals surface area contributed by atoms with Gasteiger partial charge in [0, 0.05) is 26.7 Å². The largest absolute Gasteiger partial charge is 0.486 e. The number of imidazole rings is 1.